The predicted molar refractivity (Wildman–Crippen MR) is 63.9 cm³/mol. The zero-order valence-corrected chi connectivity index (χ0v) is 9.79. The molecule has 0 saturated heterocycles. The first kappa shape index (κ1) is 11.9. The van der Waals surface area contributed by atoms with Crippen molar-refractivity contribution in [2.75, 3.05) is 5.32 Å². The van der Waals surface area contributed by atoms with Gasteiger partial charge in [0.15, 0.2) is 0 Å². The van der Waals surface area contributed by atoms with E-state index < -0.39 is 11.8 Å². The van der Waals surface area contributed by atoms with E-state index in [-0.39, 0.29) is 11.1 Å². The van der Waals surface area contributed by atoms with E-state index in [4.69, 9.17) is 5.11 Å². The molecule has 2 N–H and O–H groups in total. The summed E-state index contributed by atoms with van der Waals surface area (Å²) in [6.45, 7) is 2.05. The number of hydrogen-bond donors (Lipinski definition) is 2. The fraction of sp³-hybridized carbons (Fsp3) is 0.462. The topological polar surface area (TPSA) is 49.3 Å². The summed E-state index contributed by atoms with van der Waals surface area (Å²) in [6, 6.07) is 4.32. The lowest BCUT2D eigenvalue weighted by molar-refractivity contribution is 0.0693. The number of nitrogens with one attached hydrogen (secondary N) is 1. The Balaban J connectivity index is 2.32. The van der Waals surface area contributed by atoms with Crippen LogP contribution in [0.3, 0.4) is 0 Å². The number of aromatic carboxylic acids is 1. The lowest BCUT2D eigenvalue weighted by atomic mass is 9.99. The number of rotatable bonds is 3. The second kappa shape index (κ2) is 4.35. The normalized spacial score (nSPS) is 18.0. The Bertz CT molecular complexity index is 439. The van der Waals surface area contributed by atoms with Gasteiger partial charge in [-0.2, -0.15) is 0 Å². The molecule has 3 nitrogen and oxygen atoms in total. The van der Waals surface area contributed by atoms with E-state index in [0.29, 0.717) is 5.69 Å². The molecule has 2 rings (SSSR count). The molecule has 0 bridgehead atoms. The molecule has 0 radical (unpaired) electrons. The summed E-state index contributed by atoms with van der Waals surface area (Å²) in [6.07, 6.45) is 4.23. The van der Waals surface area contributed by atoms with Crippen molar-refractivity contribution in [1.82, 2.24) is 0 Å². The minimum atomic E-state index is -1.23. The lowest BCUT2D eigenvalue weighted by Gasteiger charge is -2.27. The first-order valence-electron chi connectivity index (χ1n) is 5.82. The highest BCUT2D eigenvalue weighted by Gasteiger charge is 2.30. The van der Waals surface area contributed by atoms with Gasteiger partial charge >= 0.3 is 5.97 Å². The Morgan fingerprint density at radius 2 is 2.06 bits per heavy atom. The third kappa shape index (κ3) is 2.40. The van der Waals surface area contributed by atoms with Gasteiger partial charge in [-0.15, -0.1) is 0 Å². The molecule has 0 aliphatic heterocycles. The molecule has 1 aromatic rings. The molecule has 0 spiro atoms. The number of anilines is 1. The summed E-state index contributed by atoms with van der Waals surface area (Å²) in [5.41, 5.74) is 0.000347. The Morgan fingerprint density at radius 1 is 1.41 bits per heavy atom. The van der Waals surface area contributed by atoms with E-state index in [1.54, 1.807) is 6.07 Å². The Morgan fingerprint density at radius 3 is 2.65 bits per heavy atom. The third-order valence-electron chi connectivity index (χ3n) is 3.37. The fourth-order valence-electron chi connectivity index (χ4n) is 2.45. The van der Waals surface area contributed by atoms with Crippen molar-refractivity contribution in [2.45, 2.75) is 38.1 Å². The summed E-state index contributed by atoms with van der Waals surface area (Å²) in [5, 5.41) is 12.2. The number of carboxylic acid groups (broad SMARTS) is 1. The standard InChI is InChI=1S/C13H16FNO2/c1-13(7-2-3-8-13)15-10-6-4-5-9(14)11(10)12(16)17/h4-6,15H,2-3,7-8H2,1H3,(H,16,17). The molecule has 0 heterocycles. The summed E-state index contributed by atoms with van der Waals surface area (Å²) in [7, 11) is 0. The maximum Gasteiger partial charge on any atom is 0.340 e. The van der Waals surface area contributed by atoms with Crippen LogP contribution in [0.1, 0.15) is 43.0 Å². The average Bonchev–Trinajstić information content (AvgIpc) is 2.64. The van der Waals surface area contributed by atoms with Crippen LogP contribution < -0.4 is 5.32 Å². The molecular formula is C13H16FNO2. The molecule has 0 atom stereocenters. The van der Waals surface area contributed by atoms with Gasteiger partial charge in [0.1, 0.15) is 11.4 Å². The van der Waals surface area contributed by atoms with Crippen LogP contribution in [0.15, 0.2) is 18.2 Å². The second-order valence-electron chi connectivity index (χ2n) is 4.86. The molecule has 1 fully saturated rings. The molecular weight excluding hydrogens is 221 g/mol. The number of carboxylic acids is 1. The van der Waals surface area contributed by atoms with Gasteiger partial charge in [-0.25, -0.2) is 9.18 Å². The monoisotopic (exact) mass is 237 g/mol. The number of carbonyl (C=O) groups is 1. The molecule has 1 aliphatic rings. The summed E-state index contributed by atoms with van der Waals surface area (Å²) in [5.74, 6) is -1.92. The SMILES string of the molecule is CC1(Nc2cccc(F)c2C(=O)O)CCCC1. The van der Waals surface area contributed by atoms with E-state index >= 15 is 0 Å². The van der Waals surface area contributed by atoms with E-state index in [0.717, 1.165) is 25.7 Å². The maximum atomic E-state index is 13.5. The summed E-state index contributed by atoms with van der Waals surface area (Å²) >= 11 is 0. The van der Waals surface area contributed by atoms with Crippen LogP contribution in [0.4, 0.5) is 10.1 Å². The molecule has 1 aliphatic carbocycles. The average molecular weight is 237 g/mol. The first-order chi connectivity index (χ1) is 8.02. The highest BCUT2D eigenvalue weighted by atomic mass is 19.1. The van der Waals surface area contributed by atoms with E-state index in [9.17, 15) is 9.18 Å². The van der Waals surface area contributed by atoms with Gasteiger partial charge in [-0.1, -0.05) is 18.9 Å². The molecule has 0 aromatic heterocycles. The smallest absolute Gasteiger partial charge is 0.340 e. The fourth-order valence-corrected chi connectivity index (χ4v) is 2.45. The quantitative estimate of drug-likeness (QED) is 0.848. The van der Waals surface area contributed by atoms with E-state index in [1.165, 1.54) is 12.1 Å². The molecule has 0 amide bonds. The van der Waals surface area contributed by atoms with Crippen molar-refractivity contribution in [3.8, 4) is 0 Å². The highest BCUT2D eigenvalue weighted by Crippen LogP contribution is 2.34. The van der Waals surface area contributed by atoms with Crippen LogP contribution in [-0.4, -0.2) is 16.6 Å². The molecule has 92 valence electrons. The van der Waals surface area contributed by atoms with Crippen molar-refractivity contribution < 1.29 is 14.3 Å². The lowest BCUT2D eigenvalue weighted by Crippen LogP contribution is -2.31. The largest absolute Gasteiger partial charge is 0.478 e. The summed E-state index contributed by atoms with van der Waals surface area (Å²) in [4.78, 5) is 11.0. The minimum Gasteiger partial charge on any atom is -0.478 e. The number of hydrogen-bond acceptors (Lipinski definition) is 2. The Hall–Kier alpha value is -1.58. The summed E-state index contributed by atoms with van der Waals surface area (Å²) < 4.78 is 13.5. The van der Waals surface area contributed by atoms with E-state index in [1.807, 2.05) is 0 Å². The van der Waals surface area contributed by atoms with Crippen molar-refractivity contribution in [3.05, 3.63) is 29.6 Å². The van der Waals surface area contributed by atoms with Gasteiger partial charge in [0.25, 0.3) is 0 Å². The van der Waals surface area contributed by atoms with Crippen molar-refractivity contribution in [3.63, 3.8) is 0 Å². The number of halogens is 1. The van der Waals surface area contributed by atoms with Crippen molar-refractivity contribution in [2.24, 2.45) is 0 Å². The van der Waals surface area contributed by atoms with Crippen LogP contribution in [0, 0.1) is 5.82 Å². The molecule has 4 heteroatoms. The van der Waals surface area contributed by atoms with Gasteiger partial charge in [0.05, 0.1) is 5.69 Å². The molecule has 1 saturated carbocycles. The highest BCUT2D eigenvalue weighted by molar-refractivity contribution is 5.94. The van der Waals surface area contributed by atoms with Crippen LogP contribution in [0.5, 0.6) is 0 Å². The Labute approximate surface area is 99.7 Å². The molecule has 1 aromatic carbocycles. The van der Waals surface area contributed by atoms with Gasteiger partial charge < -0.3 is 10.4 Å². The van der Waals surface area contributed by atoms with Gasteiger partial charge in [0, 0.05) is 5.54 Å². The van der Waals surface area contributed by atoms with Crippen LogP contribution in [0.2, 0.25) is 0 Å². The molecule has 17 heavy (non-hydrogen) atoms. The van der Waals surface area contributed by atoms with E-state index in [2.05, 4.69) is 12.2 Å². The van der Waals surface area contributed by atoms with Gasteiger partial charge in [0.2, 0.25) is 0 Å². The first-order valence-corrected chi connectivity index (χ1v) is 5.82. The Kier molecular flexibility index (Phi) is 3.05. The third-order valence-corrected chi connectivity index (χ3v) is 3.37. The van der Waals surface area contributed by atoms with Crippen LogP contribution in [-0.2, 0) is 0 Å². The second-order valence-corrected chi connectivity index (χ2v) is 4.86. The minimum absolute atomic E-state index is 0.113. The van der Waals surface area contributed by atoms with Crippen molar-refractivity contribution >= 4 is 11.7 Å². The number of benzene rings is 1. The van der Waals surface area contributed by atoms with Gasteiger partial charge in [-0.3, -0.25) is 0 Å². The molecule has 0 unspecified atom stereocenters. The van der Waals surface area contributed by atoms with Gasteiger partial charge in [-0.05, 0) is 31.9 Å². The zero-order chi connectivity index (χ0) is 12.5. The van der Waals surface area contributed by atoms with Crippen LogP contribution in [0.25, 0.3) is 0 Å². The van der Waals surface area contributed by atoms with Crippen LogP contribution >= 0.6 is 0 Å². The zero-order valence-electron chi connectivity index (χ0n) is 9.79. The van der Waals surface area contributed by atoms with Crippen molar-refractivity contribution in [1.29, 1.82) is 0 Å². The maximum absolute atomic E-state index is 13.5. The predicted octanol–water partition coefficient (Wildman–Crippen LogP) is 3.27.